The van der Waals surface area contributed by atoms with Crippen LogP contribution in [0.3, 0.4) is 0 Å². The van der Waals surface area contributed by atoms with Crippen molar-refractivity contribution in [2.75, 3.05) is 5.32 Å². The van der Waals surface area contributed by atoms with E-state index in [9.17, 15) is 14.4 Å². The smallest absolute Gasteiger partial charge is 0.325 e. The number of rotatable bonds is 4. The molecule has 8 heteroatoms. The van der Waals surface area contributed by atoms with Gasteiger partial charge in [0.25, 0.3) is 5.56 Å². The second kappa shape index (κ2) is 7.00. The van der Waals surface area contributed by atoms with Gasteiger partial charge in [-0.3, -0.25) is 19.1 Å². The standard InChI is InChI=1S/C19H14N4O3S/c24-16(21-13-7-5-12(6-8-13)18-20-9-10-27-18)11-23-15-4-2-1-3-14(15)17(25)22-19(23)26/h1-10H,11H2,(H,21,24)(H,22,25,26). The Bertz CT molecular complexity index is 1220. The van der Waals surface area contributed by atoms with Gasteiger partial charge in [-0.05, 0) is 36.4 Å². The molecule has 4 rings (SSSR count). The molecule has 0 radical (unpaired) electrons. The zero-order chi connectivity index (χ0) is 18.8. The second-order valence-electron chi connectivity index (χ2n) is 5.83. The zero-order valence-electron chi connectivity index (χ0n) is 14.0. The number of nitrogens with zero attached hydrogens (tertiary/aromatic N) is 2. The van der Waals surface area contributed by atoms with Gasteiger partial charge in [-0.2, -0.15) is 0 Å². The van der Waals surface area contributed by atoms with Crippen molar-refractivity contribution in [1.82, 2.24) is 14.5 Å². The molecule has 0 saturated heterocycles. The molecule has 1 amide bonds. The first-order chi connectivity index (χ1) is 13.1. The number of hydrogen-bond acceptors (Lipinski definition) is 5. The average Bonchev–Trinajstić information content (AvgIpc) is 3.20. The van der Waals surface area contributed by atoms with Crippen molar-refractivity contribution in [2.45, 2.75) is 6.54 Å². The van der Waals surface area contributed by atoms with Crippen molar-refractivity contribution in [3.8, 4) is 10.6 Å². The number of carbonyl (C=O) groups is 1. The van der Waals surface area contributed by atoms with Crippen LogP contribution < -0.4 is 16.6 Å². The van der Waals surface area contributed by atoms with Gasteiger partial charge in [0.05, 0.1) is 10.9 Å². The van der Waals surface area contributed by atoms with Crippen LogP contribution in [0.2, 0.25) is 0 Å². The van der Waals surface area contributed by atoms with E-state index in [2.05, 4.69) is 15.3 Å². The largest absolute Gasteiger partial charge is 0.329 e. The van der Waals surface area contributed by atoms with Gasteiger partial charge in [0.15, 0.2) is 0 Å². The lowest BCUT2D eigenvalue weighted by molar-refractivity contribution is -0.116. The molecule has 2 N–H and O–H groups in total. The fourth-order valence-corrected chi connectivity index (χ4v) is 3.45. The summed E-state index contributed by atoms with van der Waals surface area (Å²) in [5.41, 5.74) is 0.909. The van der Waals surface area contributed by atoms with Gasteiger partial charge >= 0.3 is 5.69 Å². The van der Waals surface area contributed by atoms with Gasteiger partial charge in [0, 0.05) is 22.8 Å². The molecular weight excluding hydrogens is 364 g/mol. The summed E-state index contributed by atoms with van der Waals surface area (Å²) in [6.07, 6.45) is 1.74. The molecule has 0 saturated carbocycles. The molecule has 2 aromatic carbocycles. The Morgan fingerprint density at radius 2 is 1.89 bits per heavy atom. The number of para-hydroxylation sites is 1. The number of fused-ring (bicyclic) bond motifs is 1. The van der Waals surface area contributed by atoms with Crippen LogP contribution in [-0.2, 0) is 11.3 Å². The van der Waals surface area contributed by atoms with Crippen molar-refractivity contribution in [3.05, 3.63) is 80.9 Å². The number of thiazole rings is 1. The normalized spacial score (nSPS) is 10.8. The maximum Gasteiger partial charge on any atom is 0.329 e. The minimum absolute atomic E-state index is 0.204. The molecule has 0 atom stereocenters. The first-order valence-electron chi connectivity index (χ1n) is 8.13. The minimum atomic E-state index is -0.618. The summed E-state index contributed by atoms with van der Waals surface area (Å²) >= 11 is 1.54. The van der Waals surface area contributed by atoms with Crippen LogP contribution in [0.1, 0.15) is 0 Å². The minimum Gasteiger partial charge on any atom is -0.325 e. The van der Waals surface area contributed by atoms with Crippen molar-refractivity contribution < 1.29 is 4.79 Å². The molecular formula is C19H14N4O3S. The van der Waals surface area contributed by atoms with Gasteiger partial charge in [-0.1, -0.05) is 12.1 Å². The first-order valence-corrected chi connectivity index (χ1v) is 9.01. The van der Waals surface area contributed by atoms with Crippen LogP contribution in [0.4, 0.5) is 5.69 Å². The van der Waals surface area contributed by atoms with E-state index in [1.807, 2.05) is 17.5 Å². The monoisotopic (exact) mass is 378 g/mol. The lowest BCUT2D eigenvalue weighted by Gasteiger charge is -2.10. The number of hydrogen-bond donors (Lipinski definition) is 2. The number of carbonyl (C=O) groups excluding carboxylic acids is 1. The molecule has 7 nitrogen and oxygen atoms in total. The van der Waals surface area contributed by atoms with E-state index in [0.717, 1.165) is 10.6 Å². The molecule has 0 fully saturated rings. The van der Waals surface area contributed by atoms with Gasteiger partial charge in [0.2, 0.25) is 5.91 Å². The van der Waals surface area contributed by atoms with Crippen LogP contribution in [0.15, 0.2) is 69.7 Å². The molecule has 0 spiro atoms. The zero-order valence-corrected chi connectivity index (χ0v) is 14.8. The Kier molecular flexibility index (Phi) is 4.39. The van der Waals surface area contributed by atoms with Gasteiger partial charge in [-0.25, -0.2) is 9.78 Å². The van der Waals surface area contributed by atoms with Gasteiger partial charge in [-0.15, -0.1) is 11.3 Å². The number of H-pyrrole nitrogens is 1. The predicted molar refractivity (Wildman–Crippen MR) is 105 cm³/mol. The van der Waals surface area contributed by atoms with Crippen LogP contribution in [0, 0.1) is 0 Å². The maximum atomic E-state index is 12.4. The molecule has 2 aromatic heterocycles. The van der Waals surface area contributed by atoms with Gasteiger partial charge < -0.3 is 5.32 Å². The van der Waals surface area contributed by atoms with E-state index in [-0.39, 0.29) is 12.5 Å². The number of amides is 1. The SMILES string of the molecule is O=C(Cn1c(=O)[nH]c(=O)c2ccccc21)Nc1ccc(-c2nccs2)cc1. The average molecular weight is 378 g/mol. The van der Waals surface area contributed by atoms with Crippen molar-refractivity contribution in [1.29, 1.82) is 0 Å². The summed E-state index contributed by atoms with van der Waals surface area (Å²) in [6, 6.07) is 14.0. The maximum absolute atomic E-state index is 12.4. The molecule has 0 unspecified atom stereocenters. The highest BCUT2D eigenvalue weighted by atomic mass is 32.1. The summed E-state index contributed by atoms with van der Waals surface area (Å²) in [5, 5.41) is 5.92. The molecule has 0 aliphatic rings. The number of anilines is 1. The van der Waals surface area contributed by atoms with E-state index in [4.69, 9.17) is 0 Å². The summed E-state index contributed by atoms with van der Waals surface area (Å²) in [7, 11) is 0. The first kappa shape index (κ1) is 16.9. The fraction of sp³-hybridized carbons (Fsp3) is 0.0526. The fourth-order valence-electron chi connectivity index (χ4n) is 2.81. The van der Waals surface area contributed by atoms with Crippen LogP contribution in [0.5, 0.6) is 0 Å². The Labute approximate surface area is 157 Å². The van der Waals surface area contributed by atoms with Crippen molar-refractivity contribution in [3.63, 3.8) is 0 Å². The van der Waals surface area contributed by atoms with E-state index in [0.29, 0.717) is 16.6 Å². The van der Waals surface area contributed by atoms with Crippen molar-refractivity contribution in [2.24, 2.45) is 0 Å². The van der Waals surface area contributed by atoms with Crippen LogP contribution in [-0.4, -0.2) is 20.4 Å². The number of benzene rings is 2. The molecule has 27 heavy (non-hydrogen) atoms. The Morgan fingerprint density at radius 1 is 1.11 bits per heavy atom. The molecule has 0 aliphatic carbocycles. The van der Waals surface area contributed by atoms with E-state index in [1.54, 1.807) is 42.6 Å². The highest BCUT2D eigenvalue weighted by Gasteiger charge is 2.11. The molecule has 0 aliphatic heterocycles. The number of nitrogens with one attached hydrogen (secondary N) is 2. The van der Waals surface area contributed by atoms with E-state index in [1.165, 1.54) is 15.9 Å². The summed E-state index contributed by atoms with van der Waals surface area (Å²) in [6.45, 7) is -0.204. The second-order valence-corrected chi connectivity index (χ2v) is 6.72. The summed E-state index contributed by atoms with van der Waals surface area (Å²) < 4.78 is 1.25. The Balaban J connectivity index is 1.56. The molecule has 0 bridgehead atoms. The lowest BCUT2D eigenvalue weighted by Crippen LogP contribution is -2.33. The summed E-state index contributed by atoms with van der Waals surface area (Å²) in [4.78, 5) is 42.9. The van der Waals surface area contributed by atoms with E-state index >= 15 is 0 Å². The van der Waals surface area contributed by atoms with Gasteiger partial charge in [0.1, 0.15) is 11.6 Å². The number of aromatic nitrogens is 3. The highest BCUT2D eigenvalue weighted by Crippen LogP contribution is 2.23. The summed E-state index contributed by atoms with van der Waals surface area (Å²) in [5.74, 6) is -0.365. The third-order valence-corrected chi connectivity index (χ3v) is 4.88. The number of aromatic amines is 1. The Morgan fingerprint density at radius 3 is 2.63 bits per heavy atom. The third kappa shape index (κ3) is 3.42. The van der Waals surface area contributed by atoms with Crippen LogP contribution in [0.25, 0.3) is 21.5 Å². The molecule has 2 heterocycles. The van der Waals surface area contributed by atoms with Crippen LogP contribution >= 0.6 is 11.3 Å². The highest BCUT2D eigenvalue weighted by molar-refractivity contribution is 7.13. The quantitative estimate of drug-likeness (QED) is 0.570. The molecule has 4 aromatic rings. The third-order valence-electron chi connectivity index (χ3n) is 4.05. The predicted octanol–water partition coefficient (Wildman–Crippen LogP) is 2.45. The topological polar surface area (TPSA) is 96.9 Å². The Hall–Kier alpha value is -3.52. The lowest BCUT2D eigenvalue weighted by atomic mass is 10.2. The van der Waals surface area contributed by atoms with Crippen molar-refractivity contribution >= 4 is 33.8 Å². The van der Waals surface area contributed by atoms with E-state index < -0.39 is 11.2 Å². The molecule has 134 valence electrons.